The van der Waals surface area contributed by atoms with Gasteiger partial charge in [0.15, 0.2) is 0 Å². The summed E-state index contributed by atoms with van der Waals surface area (Å²) in [4.78, 5) is 2.61. The number of rotatable bonds is 2. The molecule has 2 fully saturated rings. The first-order chi connectivity index (χ1) is 8.69. The van der Waals surface area contributed by atoms with Crippen LogP contribution in [0.2, 0.25) is 5.02 Å². The number of hydrogen-bond donors (Lipinski definition) is 1. The van der Waals surface area contributed by atoms with Crippen LogP contribution in [0.15, 0.2) is 24.3 Å². The highest BCUT2D eigenvalue weighted by Gasteiger charge is 2.41. The lowest BCUT2D eigenvalue weighted by Gasteiger charge is -2.27. The molecule has 1 spiro atoms. The van der Waals surface area contributed by atoms with E-state index in [1.165, 1.54) is 44.6 Å². The molecule has 4 heteroatoms. The van der Waals surface area contributed by atoms with Crippen LogP contribution in [0.5, 0.6) is 0 Å². The zero-order valence-electron chi connectivity index (χ0n) is 11.4. The van der Waals surface area contributed by atoms with Crippen molar-refractivity contribution in [2.75, 3.05) is 26.2 Å². The van der Waals surface area contributed by atoms with Gasteiger partial charge in [0.25, 0.3) is 0 Å². The van der Waals surface area contributed by atoms with E-state index in [4.69, 9.17) is 11.6 Å². The quantitative estimate of drug-likeness (QED) is 0.899. The second-order valence-corrected chi connectivity index (χ2v) is 6.31. The Morgan fingerprint density at radius 1 is 1.37 bits per heavy atom. The maximum Gasteiger partial charge on any atom is 0.0409 e. The molecule has 2 saturated heterocycles. The predicted octanol–water partition coefficient (Wildman–Crippen LogP) is 3.51. The van der Waals surface area contributed by atoms with Crippen LogP contribution in [0.25, 0.3) is 0 Å². The van der Waals surface area contributed by atoms with E-state index >= 15 is 0 Å². The molecule has 2 unspecified atom stereocenters. The minimum atomic E-state index is 0. The van der Waals surface area contributed by atoms with Crippen molar-refractivity contribution in [3.63, 3.8) is 0 Å². The van der Waals surface area contributed by atoms with Crippen LogP contribution in [-0.4, -0.2) is 31.1 Å². The summed E-state index contributed by atoms with van der Waals surface area (Å²) in [6.45, 7) is 7.14. The first kappa shape index (κ1) is 15.1. The first-order valence-corrected chi connectivity index (χ1v) is 7.27. The maximum absolute atomic E-state index is 6.09. The van der Waals surface area contributed by atoms with Gasteiger partial charge in [-0.05, 0) is 56.0 Å². The molecule has 0 amide bonds. The van der Waals surface area contributed by atoms with Gasteiger partial charge in [0.1, 0.15) is 0 Å². The van der Waals surface area contributed by atoms with Crippen LogP contribution >= 0.6 is 24.0 Å². The standard InChI is InChI=1S/C15H21ClN2.ClH/c1-12(13-3-2-4-14(16)9-13)18-8-6-15(11-18)5-7-17-10-15;/h2-4,9,12,17H,5-8,10-11H2,1H3;1H. The zero-order chi connectivity index (χ0) is 12.6. The topological polar surface area (TPSA) is 15.3 Å². The molecule has 2 nitrogen and oxygen atoms in total. The fourth-order valence-electron chi connectivity index (χ4n) is 3.42. The van der Waals surface area contributed by atoms with E-state index in [2.05, 4.69) is 35.3 Å². The Morgan fingerprint density at radius 3 is 2.89 bits per heavy atom. The fourth-order valence-corrected chi connectivity index (χ4v) is 3.62. The molecule has 0 radical (unpaired) electrons. The van der Waals surface area contributed by atoms with Crippen LogP contribution in [0.1, 0.15) is 31.4 Å². The van der Waals surface area contributed by atoms with Gasteiger partial charge in [-0.1, -0.05) is 23.7 Å². The van der Waals surface area contributed by atoms with Gasteiger partial charge in [0.05, 0.1) is 0 Å². The summed E-state index contributed by atoms with van der Waals surface area (Å²) < 4.78 is 0. The lowest BCUT2D eigenvalue weighted by Crippen LogP contribution is -2.30. The normalized spacial score (nSPS) is 28.5. The molecule has 2 atom stereocenters. The molecule has 0 aromatic heterocycles. The van der Waals surface area contributed by atoms with Gasteiger partial charge in [-0.3, -0.25) is 4.90 Å². The number of halogens is 2. The highest BCUT2D eigenvalue weighted by molar-refractivity contribution is 6.30. The highest BCUT2D eigenvalue weighted by Crippen LogP contribution is 2.39. The number of nitrogens with zero attached hydrogens (tertiary/aromatic N) is 1. The third kappa shape index (κ3) is 3.08. The smallest absolute Gasteiger partial charge is 0.0409 e. The highest BCUT2D eigenvalue weighted by atomic mass is 35.5. The van der Waals surface area contributed by atoms with Gasteiger partial charge in [-0.15, -0.1) is 12.4 Å². The molecular weight excluding hydrogens is 279 g/mol. The second-order valence-electron chi connectivity index (χ2n) is 5.88. The summed E-state index contributed by atoms with van der Waals surface area (Å²) >= 11 is 6.09. The van der Waals surface area contributed by atoms with Gasteiger partial charge >= 0.3 is 0 Å². The Bertz CT molecular complexity index is 430. The van der Waals surface area contributed by atoms with Crippen molar-refractivity contribution in [2.24, 2.45) is 5.41 Å². The Balaban J connectivity index is 0.00000133. The largest absolute Gasteiger partial charge is 0.316 e. The first-order valence-electron chi connectivity index (χ1n) is 6.89. The van der Waals surface area contributed by atoms with Crippen molar-refractivity contribution in [3.05, 3.63) is 34.9 Å². The van der Waals surface area contributed by atoms with Crippen LogP contribution in [0.4, 0.5) is 0 Å². The Labute approximate surface area is 126 Å². The minimum absolute atomic E-state index is 0. The summed E-state index contributed by atoms with van der Waals surface area (Å²) in [6.07, 6.45) is 2.68. The summed E-state index contributed by atoms with van der Waals surface area (Å²) in [7, 11) is 0. The number of nitrogens with one attached hydrogen (secondary N) is 1. The van der Waals surface area contributed by atoms with Gasteiger partial charge in [0.2, 0.25) is 0 Å². The molecule has 0 bridgehead atoms. The monoisotopic (exact) mass is 300 g/mol. The second kappa shape index (κ2) is 6.01. The van der Waals surface area contributed by atoms with E-state index in [0.717, 1.165) is 5.02 Å². The average Bonchev–Trinajstić information content (AvgIpc) is 3.00. The van der Waals surface area contributed by atoms with Crippen molar-refractivity contribution >= 4 is 24.0 Å². The van der Waals surface area contributed by atoms with Gasteiger partial charge in [-0.2, -0.15) is 0 Å². The summed E-state index contributed by atoms with van der Waals surface area (Å²) in [5.41, 5.74) is 1.89. The fraction of sp³-hybridized carbons (Fsp3) is 0.600. The molecule has 0 aliphatic carbocycles. The minimum Gasteiger partial charge on any atom is -0.316 e. The molecule has 2 aliphatic rings. The lowest BCUT2D eigenvalue weighted by molar-refractivity contribution is 0.224. The van der Waals surface area contributed by atoms with Crippen molar-refractivity contribution in [1.82, 2.24) is 10.2 Å². The number of benzene rings is 1. The van der Waals surface area contributed by atoms with Crippen molar-refractivity contribution < 1.29 is 0 Å². The lowest BCUT2D eigenvalue weighted by atomic mass is 9.86. The molecule has 1 aromatic carbocycles. The molecular formula is C15H22Cl2N2. The molecule has 19 heavy (non-hydrogen) atoms. The molecule has 2 heterocycles. The van der Waals surface area contributed by atoms with Crippen LogP contribution in [0.3, 0.4) is 0 Å². The van der Waals surface area contributed by atoms with E-state index in [9.17, 15) is 0 Å². The molecule has 0 saturated carbocycles. The zero-order valence-corrected chi connectivity index (χ0v) is 12.9. The SMILES string of the molecule is CC(c1cccc(Cl)c1)N1CCC2(CCNC2)C1.Cl. The van der Waals surface area contributed by atoms with Crippen molar-refractivity contribution in [1.29, 1.82) is 0 Å². The van der Waals surface area contributed by atoms with Crippen molar-refractivity contribution in [2.45, 2.75) is 25.8 Å². The Morgan fingerprint density at radius 2 is 2.21 bits per heavy atom. The van der Waals surface area contributed by atoms with E-state index in [-0.39, 0.29) is 12.4 Å². The Kier molecular flexibility index (Phi) is 4.78. The van der Waals surface area contributed by atoms with Crippen molar-refractivity contribution in [3.8, 4) is 0 Å². The number of hydrogen-bond acceptors (Lipinski definition) is 2. The summed E-state index contributed by atoms with van der Waals surface area (Å²) in [6, 6.07) is 8.77. The Hall–Kier alpha value is -0.280. The van der Waals surface area contributed by atoms with Gasteiger partial charge in [0, 0.05) is 24.2 Å². The third-order valence-electron chi connectivity index (χ3n) is 4.68. The van der Waals surface area contributed by atoms with E-state index in [1.54, 1.807) is 0 Å². The van der Waals surface area contributed by atoms with Crippen LogP contribution in [-0.2, 0) is 0 Å². The van der Waals surface area contributed by atoms with Crippen LogP contribution < -0.4 is 5.32 Å². The molecule has 106 valence electrons. The molecule has 1 aromatic rings. The van der Waals surface area contributed by atoms with E-state index in [0.29, 0.717) is 11.5 Å². The van der Waals surface area contributed by atoms with E-state index < -0.39 is 0 Å². The average molecular weight is 301 g/mol. The summed E-state index contributed by atoms with van der Waals surface area (Å²) in [5.74, 6) is 0. The van der Waals surface area contributed by atoms with Gasteiger partial charge in [-0.25, -0.2) is 0 Å². The van der Waals surface area contributed by atoms with E-state index in [1.807, 2.05) is 6.07 Å². The predicted molar refractivity (Wildman–Crippen MR) is 83.2 cm³/mol. The van der Waals surface area contributed by atoms with Gasteiger partial charge < -0.3 is 5.32 Å². The number of likely N-dealkylation sites (tertiary alicyclic amines) is 1. The van der Waals surface area contributed by atoms with Crippen LogP contribution in [0, 0.1) is 5.41 Å². The third-order valence-corrected chi connectivity index (χ3v) is 4.91. The summed E-state index contributed by atoms with van der Waals surface area (Å²) in [5, 5.41) is 4.36. The molecule has 2 aliphatic heterocycles. The maximum atomic E-state index is 6.09. The molecule has 1 N–H and O–H groups in total. The molecule has 3 rings (SSSR count).